The quantitative estimate of drug-likeness (QED) is 0.821. The van der Waals surface area contributed by atoms with Gasteiger partial charge in [0, 0.05) is 18.9 Å². The number of aromatic nitrogens is 1. The van der Waals surface area contributed by atoms with E-state index in [1.165, 1.54) is 0 Å². The molecular formula is C19H26N4O3. The molecule has 0 bridgehead atoms. The van der Waals surface area contributed by atoms with Gasteiger partial charge in [-0.2, -0.15) is 0 Å². The molecule has 0 aliphatic carbocycles. The van der Waals surface area contributed by atoms with Crippen LogP contribution in [-0.4, -0.2) is 63.6 Å². The lowest BCUT2D eigenvalue weighted by atomic mass is 10.0. The van der Waals surface area contributed by atoms with Crippen molar-refractivity contribution in [3.63, 3.8) is 0 Å². The third kappa shape index (κ3) is 3.62. The normalized spacial score (nSPS) is 23.5. The van der Waals surface area contributed by atoms with E-state index >= 15 is 0 Å². The lowest BCUT2D eigenvalue weighted by molar-refractivity contribution is -0.137. The molecule has 0 saturated carbocycles. The van der Waals surface area contributed by atoms with Crippen LogP contribution in [0.5, 0.6) is 0 Å². The Balaban J connectivity index is 1.69. The molecule has 0 radical (unpaired) electrons. The molecular weight excluding hydrogens is 332 g/mol. The van der Waals surface area contributed by atoms with Crippen molar-refractivity contribution < 1.29 is 14.4 Å². The van der Waals surface area contributed by atoms with Gasteiger partial charge in [-0.1, -0.05) is 19.9 Å². The summed E-state index contributed by atoms with van der Waals surface area (Å²) in [5.74, 6) is -0.0398. The van der Waals surface area contributed by atoms with Gasteiger partial charge in [0.1, 0.15) is 6.04 Å². The summed E-state index contributed by atoms with van der Waals surface area (Å²) in [6.07, 6.45) is 4.73. The number of pyridine rings is 1. The maximum Gasteiger partial charge on any atom is 0.240 e. The number of rotatable bonds is 5. The lowest BCUT2D eigenvalue weighted by Crippen LogP contribution is -2.50. The van der Waals surface area contributed by atoms with Crippen molar-refractivity contribution in [2.75, 3.05) is 13.1 Å². The van der Waals surface area contributed by atoms with E-state index < -0.39 is 12.1 Å². The number of Topliss-reactive ketones (excluding diaryl/α,β-unsaturated/α-hetero) is 1. The average molecular weight is 358 g/mol. The molecule has 2 amide bonds. The van der Waals surface area contributed by atoms with E-state index in [1.807, 2.05) is 19.9 Å². The van der Waals surface area contributed by atoms with Gasteiger partial charge in [-0.15, -0.1) is 0 Å². The summed E-state index contributed by atoms with van der Waals surface area (Å²) < 4.78 is 0. The van der Waals surface area contributed by atoms with E-state index in [2.05, 4.69) is 4.98 Å². The second-order valence-corrected chi connectivity index (χ2v) is 7.59. The highest BCUT2D eigenvalue weighted by Crippen LogP contribution is 2.31. The maximum absolute atomic E-state index is 12.7. The first-order valence-electron chi connectivity index (χ1n) is 9.15. The summed E-state index contributed by atoms with van der Waals surface area (Å²) >= 11 is 0. The van der Waals surface area contributed by atoms with Gasteiger partial charge >= 0.3 is 0 Å². The SMILES string of the molecule is CC(C)CC(N)C(=O)N1CCC2C1C(=O)CN2C(=O)Cc1cccnc1. The summed E-state index contributed by atoms with van der Waals surface area (Å²) in [7, 11) is 0. The Morgan fingerprint density at radius 1 is 1.35 bits per heavy atom. The molecule has 1 aromatic heterocycles. The zero-order valence-corrected chi connectivity index (χ0v) is 15.3. The highest BCUT2D eigenvalue weighted by Gasteiger charge is 2.51. The van der Waals surface area contributed by atoms with Crippen LogP contribution in [0.4, 0.5) is 0 Å². The van der Waals surface area contributed by atoms with Crippen LogP contribution in [0.15, 0.2) is 24.5 Å². The summed E-state index contributed by atoms with van der Waals surface area (Å²) in [6, 6.07) is 2.25. The molecule has 140 valence electrons. The molecule has 2 saturated heterocycles. The standard InChI is InChI=1S/C19H26N4O3/c1-12(2)8-14(20)19(26)22-7-5-15-18(22)16(24)11-23(15)17(25)9-13-4-3-6-21-10-13/h3-4,6,10,12,14-15,18H,5,7-9,11,20H2,1-2H3. The third-order valence-corrected chi connectivity index (χ3v) is 5.15. The number of ketones is 1. The van der Waals surface area contributed by atoms with Gasteiger partial charge < -0.3 is 15.5 Å². The first-order valence-corrected chi connectivity index (χ1v) is 9.15. The van der Waals surface area contributed by atoms with Crippen LogP contribution < -0.4 is 5.73 Å². The minimum Gasteiger partial charge on any atom is -0.329 e. The summed E-state index contributed by atoms with van der Waals surface area (Å²) in [5.41, 5.74) is 6.85. The fraction of sp³-hybridized carbons (Fsp3) is 0.579. The molecule has 3 atom stereocenters. The predicted octanol–water partition coefficient (Wildman–Crippen LogP) is 0.378. The monoisotopic (exact) mass is 358 g/mol. The van der Waals surface area contributed by atoms with Crippen molar-refractivity contribution in [1.29, 1.82) is 0 Å². The highest BCUT2D eigenvalue weighted by molar-refractivity contribution is 5.98. The van der Waals surface area contributed by atoms with Crippen molar-refractivity contribution >= 4 is 17.6 Å². The van der Waals surface area contributed by atoms with Crippen LogP contribution in [-0.2, 0) is 20.8 Å². The van der Waals surface area contributed by atoms with Crippen molar-refractivity contribution in [1.82, 2.24) is 14.8 Å². The van der Waals surface area contributed by atoms with Crippen LogP contribution in [0, 0.1) is 5.92 Å². The van der Waals surface area contributed by atoms with Gasteiger partial charge in [0.25, 0.3) is 0 Å². The lowest BCUT2D eigenvalue weighted by Gasteiger charge is -2.27. The predicted molar refractivity (Wildman–Crippen MR) is 96.0 cm³/mol. The van der Waals surface area contributed by atoms with E-state index in [0.717, 1.165) is 5.56 Å². The Morgan fingerprint density at radius 2 is 2.12 bits per heavy atom. The third-order valence-electron chi connectivity index (χ3n) is 5.15. The van der Waals surface area contributed by atoms with Gasteiger partial charge in [-0.25, -0.2) is 0 Å². The van der Waals surface area contributed by atoms with E-state index in [-0.39, 0.29) is 36.6 Å². The minimum absolute atomic E-state index is 0.0671. The van der Waals surface area contributed by atoms with Crippen LogP contribution in [0.3, 0.4) is 0 Å². The molecule has 3 unspecified atom stereocenters. The molecule has 2 N–H and O–H groups in total. The Morgan fingerprint density at radius 3 is 2.77 bits per heavy atom. The highest BCUT2D eigenvalue weighted by atomic mass is 16.2. The number of amides is 2. The van der Waals surface area contributed by atoms with Gasteiger partial charge in [0.2, 0.25) is 11.8 Å². The molecule has 1 aromatic rings. The van der Waals surface area contributed by atoms with Crippen molar-refractivity contribution in [2.45, 2.75) is 51.2 Å². The van der Waals surface area contributed by atoms with Gasteiger partial charge in [0.15, 0.2) is 5.78 Å². The first-order chi connectivity index (χ1) is 12.4. The zero-order valence-electron chi connectivity index (χ0n) is 15.3. The molecule has 3 rings (SSSR count). The van der Waals surface area contributed by atoms with Gasteiger partial charge in [-0.05, 0) is 30.4 Å². The molecule has 2 fully saturated rings. The molecule has 3 heterocycles. The molecule has 0 aromatic carbocycles. The molecule has 2 aliphatic heterocycles. The summed E-state index contributed by atoms with van der Waals surface area (Å²) in [5, 5.41) is 0. The van der Waals surface area contributed by atoms with Crippen molar-refractivity contribution in [2.24, 2.45) is 11.7 Å². The fourth-order valence-electron chi connectivity index (χ4n) is 3.99. The van der Waals surface area contributed by atoms with E-state index in [4.69, 9.17) is 5.73 Å². The van der Waals surface area contributed by atoms with E-state index in [0.29, 0.717) is 25.3 Å². The number of hydrogen-bond donors (Lipinski definition) is 1. The second-order valence-electron chi connectivity index (χ2n) is 7.59. The Hall–Kier alpha value is -2.28. The van der Waals surface area contributed by atoms with Crippen LogP contribution in [0.1, 0.15) is 32.3 Å². The largest absolute Gasteiger partial charge is 0.329 e. The van der Waals surface area contributed by atoms with Crippen molar-refractivity contribution in [3.05, 3.63) is 30.1 Å². The average Bonchev–Trinajstić information content (AvgIpc) is 3.16. The number of fused-ring (bicyclic) bond motifs is 1. The van der Waals surface area contributed by atoms with Crippen molar-refractivity contribution in [3.8, 4) is 0 Å². The fourth-order valence-corrected chi connectivity index (χ4v) is 3.99. The second kappa shape index (κ2) is 7.53. The zero-order chi connectivity index (χ0) is 18.8. The van der Waals surface area contributed by atoms with E-state index in [1.54, 1.807) is 28.3 Å². The number of carbonyl (C=O) groups is 3. The van der Waals surface area contributed by atoms with E-state index in [9.17, 15) is 14.4 Å². The smallest absolute Gasteiger partial charge is 0.240 e. The maximum atomic E-state index is 12.7. The summed E-state index contributed by atoms with van der Waals surface area (Å²) in [6.45, 7) is 4.57. The number of nitrogens with two attached hydrogens (primary N) is 1. The Labute approximate surface area is 153 Å². The summed E-state index contributed by atoms with van der Waals surface area (Å²) in [4.78, 5) is 45.1. The number of carbonyl (C=O) groups excluding carboxylic acids is 3. The van der Waals surface area contributed by atoms with Crippen LogP contribution >= 0.6 is 0 Å². The number of likely N-dealkylation sites (tertiary alicyclic amines) is 2. The minimum atomic E-state index is -0.596. The topological polar surface area (TPSA) is 96.6 Å². The molecule has 0 spiro atoms. The molecule has 26 heavy (non-hydrogen) atoms. The van der Waals surface area contributed by atoms with Gasteiger partial charge in [-0.3, -0.25) is 19.4 Å². The molecule has 2 aliphatic rings. The Kier molecular flexibility index (Phi) is 5.36. The van der Waals surface area contributed by atoms with Gasteiger partial charge in [0.05, 0.1) is 25.0 Å². The van der Waals surface area contributed by atoms with Crippen LogP contribution in [0.2, 0.25) is 0 Å². The van der Waals surface area contributed by atoms with Crippen LogP contribution in [0.25, 0.3) is 0 Å². The first kappa shape index (κ1) is 18.5. The Bertz CT molecular complexity index is 691. The number of hydrogen-bond acceptors (Lipinski definition) is 5. The number of nitrogens with zero attached hydrogens (tertiary/aromatic N) is 3. The molecule has 7 nitrogen and oxygen atoms in total. The molecule has 7 heteroatoms.